The predicted octanol–water partition coefficient (Wildman–Crippen LogP) is 3.96. The Bertz CT molecular complexity index is 1180. The number of benzene rings is 1. The van der Waals surface area contributed by atoms with Gasteiger partial charge in [0.1, 0.15) is 5.69 Å². The predicted molar refractivity (Wildman–Crippen MR) is 137 cm³/mol. The van der Waals surface area contributed by atoms with Gasteiger partial charge in [-0.2, -0.15) is 0 Å². The summed E-state index contributed by atoms with van der Waals surface area (Å²) in [6.45, 7) is 1.46. The smallest absolute Gasteiger partial charge is 0.280 e. The van der Waals surface area contributed by atoms with Gasteiger partial charge >= 0.3 is 0 Å². The second kappa shape index (κ2) is 10.2. The van der Waals surface area contributed by atoms with Crippen LogP contribution in [0, 0.1) is 0 Å². The standard InChI is InChI=1S/C23H27ClN6O2S.ClH/c1-29-11-19-20(12-30(29)2)33-23(28-19)22(32)27-17-6-4-3-5-16(17)26-21(31)18-10-13-9-14(24)7-8-15(13)25-18;/h7-10,16-17,25H,3-6,11-12H2,1-2H3,(H,26,31)(H,27,32);1H/t16-,17?;/m0./s1. The zero-order chi connectivity index (χ0) is 23.1. The van der Waals surface area contributed by atoms with Gasteiger partial charge in [0.15, 0.2) is 5.01 Å². The van der Waals surface area contributed by atoms with E-state index in [1.165, 1.54) is 11.3 Å². The molecule has 2 amide bonds. The number of rotatable bonds is 4. The molecule has 1 aromatic carbocycles. The molecule has 0 radical (unpaired) electrons. The van der Waals surface area contributed by atoms with Crippen LogP contribution in [0.25, 0.3) is 10.9 Å². The quantitative estimate of drug-likeness (QED) is 0.482. The van der Waals surface area contributed by atoms with Crippen LogP contribution in [0.15, 0.2) is 24.3 Å². The van der Waals surface area contributed by atoms with Crippen LogP contribution in [0.5, 0.6) is 0 Å². The molecular formula is C23H28Cl2N6O2S. The first-order chi connectivity index (χ1) is 15.9. The van der Waals surface area contributed by atoms with Crippen LogP contribution in [0.3, 0.4) is 0 Å². The number of hydrogen-bond donors (Lipinski definition) is 3. The molecular weight excluding hydrogens is 495 g/mol. The molecule has 3 aromatic rings. The summed E-state index contributed by atoms with van der Waals surface area (Å²) in [4.78, 5) is 34.9. The highest BCUT2D eigenvalue weighted by Crippen LogP contribution is 2.27. The van der Waals surface area contributed by atoms with Gasteiger partial charge in [-0.3, -0.25) is 9.59 Å². The number of aromatic amines is 1. The number of fused-ring (bicyclic) bond motifs is 2. The van der Waals surface area contributed by atoms with Crippen molar-refractivity contribution in [1.29, 1.82) is 0 Å². The van der Waals surface area contributed by atoms with E-state index in [1.54, 1.807) is 12.1 Å². The molecule has 1 aliphatic carbocycles. The van der Waals surface area contributed by atoms with Crippen molar-refractivity contribution in [3.8, 4) is 0 Å². The molecule has 0 bridgehead atoms. The third kappa shape index (κ3) is 5.08. The molecule has 8 nitrogen and oxygen atoms in total. The van der Waals surface area contributed by atoms with Crippen molar-refractivity contribution in [3.63, 3.8) is 0 Å². The van der Waals surface area contributed by atoms with Crippen LogP contribution in [0.4, 0.5) is 0 Å². The molecule has 1 fully saturated rings. The van der Waals surface area contributed by atoms with Gasteiger partial charge in [0.2, 0.25) is 0 Å². The van der Waals surface area contributed by atoms with E-state index in [9.17, 15) is 9.59 Å². The minimum absolute atomic E-state index is 0. The van der Waals surface area contributed by atoms with Crippen molar-refractivity contribution in [1.82, 2.24) is 30.6 Å². The number of halogens is 2. The van der Waals surface area contributed by atoms with Gasteiger partial charge in [0.05, 0.1) is 12.2 Å². The normalized spacial score (nSPS) is 21.0. The summed E-state index contributed by atoms with van der Waals surface area (Å²) in [6, 6.07) is 7.04. The average Bonchev–Trinajstić information content (AvgIpc) is 3.39. The van der Waals surface area contributed by atoms with Gasteiger partial charge in [-0.25, -0.2) is 15.0 Å². The van der Waals surface area contributed by atoms with Gasteiger partial charge in [-0.05, 0) is 37.1 Å². The largest absolute Gasteiger partial charge is 0.351 e. The number of thiazole rings is 1. The Labute approximate surface area is 213 Å². The summed E-state index contributed by atoms with van der Waals surface area (Å²) in [5.41, 5.74) is 2.32. The topological polar surface area (TPSA) is 93.4 Å². The molecule has 0 spiro atoms. The Morgan fingerprint density at radius 2 is 1.74 bits per heavy atom. The summed E-state index contributed by atoms with van der Waals surface area (Å²) in [6.07, 6.45) is 3.69. The fourth-order valence-electron chi connectivity index (χ4n) is 4.57. The van der Waals surface area contributed by atoms with E-state index in [1.807, 2.05) is 26.2 Å². The number of carbonyl (C=O) groups is 2. The Morgan fingerprint density at radius 1 is 1.06 bits per heavy atom. The first-order valence-electron chi connectivity index (χ1n) is 11.2. The molecule has 3 N–H and O–H groups in total. The highest BCUT2D eigenvalue weighted by molar-refractivity contribution is 7.13. The van der Waals surface area contributed by atoms with Crippen molar-refractivity contribution >= 4 is 58.1 Å². The van der Waals surface area contributed by atoms with Crippen LogP contribution in [-0.4, -0.2) is 58.0 Å². The Balaban J connectivity index is 0.00000274. The van der Waals surface area contributed by atoms with Crippen LogP contribution >= 0.6 is 35.3 Å². The van der Waals surface area contributed by atoms with Crippen molar-refractivity contribution in [2.75, 3.05) is 14.1 Å². The minimum atomic E-state index is -0.177. The summed E-state index contributed by atoms with van der Waals surface area (Å²) in [7, 11) is 4.04. The molecule has 11 heteroatoms. The summed E-state index contributed by atoms with van der Waals surface area (Å²) in [5, 5.41) is 12.5. The Morgan fingerprint density at radius 3 is 2.47 bits per heavy atom. The maximum atomic E-state index is 13.0. The summed E-state index contributed by atoms with van der Waals surface area (Å²) < 4.78 is 0. The Hall–Kier alpha value is -2.17. The third-order valence-corrected chi connectivity index (χ3v) is 7.85. The molecule has 5 rings (SSSR count). The van der Waals surface area contributed by atoms with E-state index >= 15 is 0 Å². The molecule has 2 aliphatic rings. The number of carbonyl (C=O) groups excluding carboxylic acids is 2. The van der Waals surface area contributed by atoms with E-state index in [0.29, 0.717) is 22.3 Å². The maximum absolute atomic E-state index is 13.0. The van der Waals surface area contributed by atoms with Gasteiger partial charge in [-0.15, -0.1) is 23.7 Å². The highest BCUT2D eigenvalue weighted by atomic mass is 35.5. The molecule has 1 saturated carbocycles. The van der Waals surface area contributed by atoms with Crippen molar-refractivity contribution in [2.24, 2.45) is 0 Å². The molecule has 3 heterocycles. The molecule has 0 saturated heterocycles. The fourth-order valence-corrected chi connectivity index (χ4v) is 5.77. The lowest BCUT2D eigenvalue weighted by Crippen LogP contribution is -2.53. The van der Waals surface area contributed by atoms with E-state index in [0.717, 1.165) is 53.7 Å². The monoisotopic (exact) mass is 522 g/mol. The maximum Gasteiger partial charge on any atom is 0.280 e. The first-order valence-corrected chi connectivity index (χ1v) is 12.4. The van der Waals surface area contributed by atoms with E-state index in [4.69, 9.17) is 11.6 Å². The van der Waals surface area contributed by atoms with Gasteiger partial charge in [-0.1, -0.05) is 24.4 Å². The number of amides is 2. The van der Waals surface area contributed by atoms with Gasteiger partial charge in [0, 0.05) is 53.5 Å². The SMILES string of the molecule is CN1Cc2nc(C(=O)NC3CCCC[C@@H]3NC(=O)c3cc4cc(Cl)ccc4[nH]3)sc2CN1C.Cl. The summed E-state index contributed by atoms with van der Waals surface area (Å²) >= 11 is 7.52. The number of hydrazine groups is 1. The second-order valence-corrected chi connectivity index (χ2v) is 10.4. The molecule has 2 atom stereocenters. The number of nitrogens with one attached hydrogen (secondary N) is 3. The minimum Gasteiger partial charge on any atom is -0.351 e. The lowest BCUT2D eigenvalue weighted by molar-refractivity contribution is -0.00171. The lowest BCUT2D eigenvalue weighted by Gasteiger charge is -2.32. The van der Waals surface area contributed by atoms with Gasteiger partial charge in [0.25, 0.3) is 11.8 Å². The van der Waals surface area contributed by atoms with Crippen molar-refractivity contribution in [2.45, 2.75) is 50.9 Å². The first kappa shape index (κ1) is 24.9. The zero-order valence-electron chi connectivity index (χ0n) is 19.1. The molecule has 1 aliphatic heterocycles. The second-order valence-electron chi connectivity index (χ2n) is 8.88. The number of H-pyrrole nitrogens is 1. The van der Waals surface area contributed by atoms with Crippen molar-refractivity contribution < 1.29 is 9.59 Å². The molecule has 1 unspecified atom stereocenters. The van der Waals surface area contributed by atoms with E-state index in [-0.39, 0.29) is 36.3 Å². The number of hydrogen-bond acceptors (Lipinski definition) is 6. The van der Waals surface area contributed by atoms with Crippen LogP contribution in [-0.2, 0) is 13.1 Å². The van der Waals surface area contributed by atoms with Gasteiger partial charge < -0.3 is 15.6 Å². The zero-order valence-corrected chi connectivity index (χ0v) is 21.4. The highest BCUT2D eigenvalue weighted by Gasteiger charge is 2.31. The Kier molecular flexibility index (Phi) is 7.49. The fraction of sp³-hybridized carbons (Fsp3) is 0.435. The number of nitrogens with zero attached hydrogens (tertiary/aromatic N) is 3. The van der Waals surface area contributed by atoms with Crippen LogP contribution in [0.2, 0.25) is 5.02 Å². The van der Waals surface area contributed by atoms with Crippen molar-refractivity contribution in [3.05, 3.63) is 50.6 Å². The summed E-state index contributed by atoms with van der Waals surface area (Å²) in [5.74, 6) is -0.338. The number of aromatic nitrogens is 2. The van der Waals surface area contributed by atoms with Crippen LogP contribution in [0.1, 0.15) is 56.5 Å². The average molecular weight is 523 g/mol. The third-order valence-electron chi connectivity index (χ3n) is 6.53. The lowest BCUT2D eigenvalue weighted by atomic mass is 9.90. The van der Waals surface area contributed by atoms with E-state index in [2.05, 4.69) is 30.6 Å². The van der Waals surface area contributed by atoms with E-state index < -0.39 is 0 Å². The molecule has 34 heavy (non-hydrogen) atoms. The molecule has 2 aromatic heterocycles. The van der Waals surface area contributed by atoms with Crippen LogP contribution < -0.4 is 10.6 Å². The molecule has 182 valence electrons.